The highest BCUT2D eigenvalue weighted by Crippen LogP contribution is 2.60. The Bertz CT molecular complexity index is 1810. The van der Waals surface area contributed by atoms with Gasteiger partial charge < -0.3 is 40.7 Å². The second-order valence-corrected chi connectivity index (χ2v) is 13.8. The van der Waals surface area contributed by atoms with Crippen LogP contribution in [0.15, 0.2) is 61.2 Å². The Morgan fingerprint density at radius 3 is 2.89 bits per heavy atom. The van der Waals surface area contributed by atoms with Gasteiger partial charge in [0.05, 0.1) is 17.7 Å². The molecule has 0 unspecified atom stereocenters. The number of fused-ring (bicyclic) bond motifs is 3. The first-order chi connectivity index (χ1) is 22.8. The van der Waals surface area contributed by atoms with Gasteiger partial charge in [0.2, 0.25) is 0 Å². The Balaban J connectivity index is 1.06. The van der Waals surface area contributed by atoms with Crippen molar-refractivity contribution in [1.82, 2.24) is 14.9 Å². The molecule has 7 rings (SSSR count). The zero-order valence-electron chi connectivity index (χ0n) is 27.0. The zero-order chi connectivity index (χ0) is 32.7. The molecular formula is C38H46N4O5. The predicted octanol–water partition coefficient (Wildman–Crippen LogP) is 5.91. The SMILES string of the molecule is CCC[C@H](O)C[C@@H](O)CC(=O)CCc1ccc(O)c(OCn2cc3[nH]cc([C@]45CCC[C@H]4CC4=CN[C@@H](N)c6cccc5c64)c3c2)c1. The van der Waals surface area contributed by atoms with Gasteiger partial charge in [-0.25, -0.2) is 0 Å². The lowest BCUT2D eigenvalue weighted by Gasteiger charge is -2.45. The summed E-state index contributed by atoms with van der Waals surface area (Å²) in [5.74, 6) is 0.852. The maximum absolute atomic E-state index is 12.5. The molecule has 47 heavy (non-hydrogen) atoms. The number of nitrogens with two attached hydrogens (primary N) is 1. The average molecular weight is 639 g/mol. The summed E-state index contributed by atoms with van der Waals surface area (Å²) in [6.45, 7) is 2.19. The van der Waals surface area contributed by atoms with Crippen molar-refractivity contribution < 1.29 is 24.9 Å². The molecule has 5 atom stereocenters. The van der Waals surface area contributed by atoms with E-state index < -0.39 is 12.2 Å². The zero-order valence-corrected chi connectivity index (χ0v) is 27.0. The van der Waals surface area contributed by atoms with Crippen LogP contribution in [-0.2, 0) is 23.4 Å². The minimum atomic E-state index is -0.837. The number of aryl methyl sites for hydroxylation is 1. The van der Waals surface area contributed by atoms with Crippen molar-refractivity contribution in [2.24, 2.45) is 11.7 Å². The van der Waals surface area contributed by atoms with E-state index >= 15 is 0 Å². The van der Waals surface area contributed by atoms with Crippen molar-refractivity contribution in [3.05, 3.63) is 89.0 Å². The lowest BCUT2D eigenvalue weighted by Crippen LogP contribution is -2.40. The summed E-state index contributed by atoms with van der Waals surface area (Å²) < 4.78 is 8.11. The van der Waals surface area contributed by atoms with E-state index in [9.17, 15) is 20.1 Å². The highest BCUT2D eigenvalue weighted by atomic mass is 16.5. The first-order valence-corrected chi connectivity index (χ1v) is 17.1. The van der Waals surface area contributed by atoms with Crippen molar-refractivity contribution >= 4 is 22.3 Å². The van der Waals surface area contributed by atoms with E-state index in [1.807, 2.05) is 11.5 Å². The van der Waals surface area contributed by atoms with E-state index in [1.165, 1.54) is 46.1 Å². The highest BCUT2D eigenvalue weighted by molar-refractivity contribution is 5.87. The number of phenols is 1. The van der Waals surface area contributed by atoms with Gasteiger partial charge in [0.25, 0.3) is 0 Å². The Labute approximate surface area is 275 Å². The highest BCUT2D eigenvalue weighted by Gasteiger charge is 2.51. The molecule has 1 aliphatic heterocycles. The van der Waals surface area contributed by atoms with Crippen LogP contribution in [0, 0.1) is 5.92 Å². The topological polar surface area (TPSA) is 146 Å². The number of ketones is 1. The number of aromatic nitrogens is 2. The summed E-state index contributed by atoms with van der Waals surface area (Å²) in [7, 11) is 0. The monoisotopic (exact) mass is 638 g/mol. The number of carbonyl (C=O) groups excluding carboxylic acids is 1. The fourth-order valence-electron chi connectivity index (χ4n) is 8.53. The van der Waals surface area contributed by atoms with E-state index in [4.69, 9.17) is 10.5 Å². The summed E-state index contributed by atoms with van der Waals surface area (Å²) in [5.41, 5.74) is 14.9. The van der Waals surface area contributed by atoms with Gasteiger partial charge in [-0.2, -0.15) is 0 Å². The van der Waals surface area contributed by atoms with Crippen molar-refractivity contribution in [2.75, 3.05) is 0 Å². The van der Waals surface area contributed by atoms with Crippen molar-refractivity contribution in [3.63, 3.8) is 0 Å². The number of aromatic amines is 1. The second kappa shape index (κ2) is 12.9. The maximum Gasteiger partial charge on any atom is 0.165 e. The van der Waals surface area contributed by atoms with E-state index in [2.05, 4.69) is 53.3 Å². The molecule has 3 aliphatic rings. The van der Waals surface area contributed by atoms with Crippen molar-refractivity contribution in [3.8, 4) is 11.5 Å². The smallest absolute Gasteiger partial charge is 0.165 e. The molecule has 9 nitrogen and oxygen atoms in total. The number of ether oxygens (including phenoxy) is 1. The number of carbonyl (C=O) groups is 1. The number of hydrogen-bond donors (Lipinski definition) is 6. The Morgan fingerprint density at radius 1 is 1.17 bits per heavy atom. The molecular weight excluding hydrogens is 592 g/mol. The molecule has 4 aromatic rings. The van der Waals surface area contributed by atoms with E-state index in [0.29, 0.717) is 24.5 Å². The third-order valence-electron chi connectivity index (χ3n) is 10.7. The first-order valence-electron chi connectivity index (χ1n) is 17.1. The third-order valence-corrected chi connectivity index (χ3v) is 10.7. The molecule has 2 aromatic carbocycles. The predicted molar refractivity (Wildman–Crippen MR) is 182 cm³/mol. The minimum Gasteiger partial charge on any atom is -0.504 e. The second-order valence-electron chi connectivity index (χ2n) is 13.8. The Morgan fingerprint density at radius 2 is 2.04 bits per heavy atom. The maximum atomic E-state index is 12.5. The molecule has 0 bridgehead atoms. The molecule has 2 aliphatic carbocycles. The Kier molecular flexibility index (Phi) is 8.63. The lowest BCUT2D eigenvalue weighted by molar-refractivity contribution is -0.121. The molecule has 0 saturated heterocycles. The molecule has 0 amide bonds. The van der Waals surface area contributed by atoms with Gasteiger partial charge in [-0.15, -0.1) is 0 Å². The van der Waals surface area contributed by atoms with Crippen LogP contribution in [0.25, 0.3) is 16.5 Å². The number of hydrogen-bond acceptors (Lipinski definition) is 7. The van der Waals surface area contributed by atoms with Crippen LogP contribution in [-0.4, -0.2) is 42.9 Å². The summed E-state index contributed by atoms with van der Waals surface area (Å²) in [6, 6.07) is 11.8. The van der Waals surface area contributed by atoms with Crippen LogP contribution in [0.2, 0.25) is 0 Å². The molecule has 7 N–H and O–H groups in total. The molecule has 248 valence electrons. The molecule has 1 saturated carbocycles. The van der Waals surface area contributed by atoms with Crippen LogP contribution in [0.5, 0.6) is 11.5 Å². The van der Waals surface area contributed by atoms with Gasteiger partial charge in [0.1, 0.15) is 11.9 Å². The number of allylic oxidation sites excluding steroid dienone is 1. The average Bonchev–Trinajstić information content (AvgIpc) is 3.77. The number of rotatable bonds is 13. The van der Waals surface area contributed by atoms with Crippen molar-refractivity contribution in [1.29, 1.82) is 0 Å². The summed E-state index contributed by atoms with van der Waals surface area (Å²) in [5, 5.41) is 35.2. The van der Waals surface area contributed by atoms with E-state index in [1.54, 1.807) is 18.2 Å². The number of nitrogens with zero attached hydrogens (tertiary/aromatic N) is 1. The standard InChI is InChI=1S/C38H46N4O5/c1-2-5-26(43)16-28(45)17-27(44)11-9-23-10-12-34(46)35(14-23)47-22-42-20-30-32(19-40-33(30)21-42)38-13-4-6-25(38)15-24-18-41-37(39)29-7-3-8-31(38)36(24)29/h3,7-8,10,12,14,18-21,25-26,28,37,40-41,43,45-46H,2,4-6,9,11,13,15-17,22,39H2,1H3/t25-,26-,28+,37+,38+/m0/s1. The molecule has 9 heteroatoms. The third kappa shape index (κ3) is 5.85. The molecule has 2 aromatic heterocycles. The van der Waals surface area contributed by atoms with E-state index in [0.717, 1.165) is 30.3 Å². The number of benzene rings is 2. The largest absolute Gasteiger partial charge is 0.504 e. The number of H-pyrrole nitrogens is 1. The van der Waals surface area contributed by atoms with Crippen LogP contribution in [0.4, 0.5) is 0 Å². The van der Waals surface area contributed by atoms with Gasteiger partial charge >= 0.3 is 0 Å². The fourth-order valence-corrected chi connectivity index (χ4v) is 8.53. The van der Waals surface area contributed by atoms with E-state index in [-0.39, 0.29) is 49.1 Å². The van der Waals surface area contributed by atoms with Crippen LogP contribution >= 0.6 is 0 Å². The number of aromatic hydroxyl groups is 1. The van der Waals surface area contributed by atoms with Gasteiger partial charge in [0.15, 0.2) is 18.2 Å². The van der Waals surface area contributed by atoms with Gasteiger partial charge in [0, 0.05) is 48.4 Å². The number of aliphatic hydroxyl groups is 2. The normalized spacial score (nSPS) is 22.7. The van der Waals surface area contributed by atoms with Crippen LogP contribution in [0.3, 0.4) is 0 Å². The minimum absolute atomic E-state index is 0.0301. The van der Waals surface area contributed by atoms with Crippen LogP contribution < -0.4 is 15.8 Å². The summed E-state index contributed by atoms with van der Waals surface area (Å²) >= 11 is 0. The number of phenolic OH excluding ortho intramolecular Hbond substituents is 1. The molecule has 0 radical (unpaired) electrons. The summed E-state index contributed by atoms with van der Waals surface area (Å²) in [6.07, 6.45) is 13.8. The number of Topliss-reactive ketones (excluding diaryl/α,β-unsaturated/α-hetero) is 1. The van der Waals surface area contributed by atoms with Crippen LogP contribution in [0.1, 0.15) is 98.7 Å². The summed E-state index contributed by atoms with van der Waals surface area (Å²) in [4.78, 5) is 16.0. The Hall–Kier alpha value is -4.05. The number of aliphatic hydroxyl groups excluding tert-OH is 2. The van der Waals surface area contributed by atoms with Gasteiger partial charge in [-0.05, 0) is 90.0 Å². The molecule has 0 spiro atoms. The fraction of sp³-hybridized carbons (Fsp3) is 0.447. The van der Waals surface area contributed by atoms with Gasteiger partial charge in [-0.1, -0.05) is 44.0 Å². The quantitative estimate of drug-likeness (QED) is 0.107. The molecule has 1 fully saturated rings. The van der Waals surface area contributed by atoms with Gasteiger partial charge in [-0.3, -0.25) is 4.79 Å². The van der Waals surface area contributed by atoms with Crippen molar-refractivity contribution in [2.45, 2.75) is 102 Å². The molecule has 3 heterocycles. The lowest BCUT2D eigenvalue weighted by atomic mass is 9.59. The first kappa shape index (κ1) is 31.5. The number of nitrogens with one attached hydrogen (secondary N) is 2.